The zero-order valence-corrected chi connectivity index (χ0v) is 23.5. The molecule has 0 radical (unpaired) electrons. The minimum Gasteiger partial charge on any atom is -0.354 e. The molecular weight excluding hydrogens is 474 g/mol. The third-order valence-electron chi connectivity index (χ3n) is 6.28. The van der Waals surface area contributed by atoms with Gasteiger partial charge in [0.2, 0.25) is 21.8 Å². The maximum atomic E-state index is 13.4. The molecule has 0 aliphatic carbocycles. The van der Waals surface area contributed by atoms with E-state index < -0.39 is 16.1 Å². The number of rotatable bonds is 12. The molecule has 0 aliphatic heterocycles. The molecule has 0 fully saturated rings. The number of sulfonamides is 1. The Morgan fingerprint density at radius 3 is 2.28 bits per heavy atom. The Bertz CT molecular complexity index is 1160. The van der Waals surface area contributed by atoms with Crippen molar-refractivity contribution in [3.05, 3.63) is 64.7 Å². The first-order valence-corrected chi connectivity index (χ1v) is 14.3. The highest BCUT2D eigenvalue weighted by molar-refractivity contribution is 7.92. The van der Waals surface area contributed by atoms with Gasteiger partial charge < -0.3 is 10.2 Å². The second-order valence-corrected chi connectivity index (χ2v) is 11.9. The van der Waals surface area contributed by atoms with Gasteiger partial charge in [0.15, 0.2) is 0 Å². The summed E-state index contributed by atoms with van der Waals surface area (Å²) in [5.41, 5.74) is 4.55. The van der Waals surface area contributed by atoms with Gasteiger partial charge in [0.25, 0.3) is 0 Å². The van der Waals surface area contributed by atoms with Crippen LogP contribution in [0.2, 0.25) is 0 Å². The highest BCUT2D eigenvalue weighted by Crippen LogP contribution is 2.25. The van der Waals surface area contributed by atoms with Crippen molar-refractivity contribution in [3.8, 4) is 0 Å². The van der Waals surface area contributed by atoms with Crippen LogP contribution < -0.4 is 9.62 Å². The average molecular weight is 516 g/mol. The molecule has 0 bridgehead atoms. The van der Waals surface area contributed by atoms with Gasteiger partial charge in [0, 0.05) is 26.1 Å². The molecule has 0 aromatic heterocycles. The lowest BCUT2D eigenvalue weighted by atomic mass is 10.1. The third-order valence-corrected chi connectivity index (χ3v) is 7.46. The number of nitrogens with one attached hydrogen (secondary N) is 1. The molecule has 0 heterocycles. The number of carbonyl (C=O) groups is 2. The maximum absolute atomic E-state index is 13.4. The van der Waals surface area contributed by atoms with Crippen LogP contribution in [0.5, 0.6) is 0 Å². The molecule has 1 N–H and O–H groups in total. The summed E-state index contributed by atoms with van der Waals surface area (Å²) in [4.78, 5) is 27.8. The van der Waals surface area contributed by atoms with Crippen LogP contribution in [0.25, 0.3) is 0 Å². The van der Waals surface area contributed by atoms with Gasteiger partial charge >= 0.3 is 0 Å². The highest BCUT2D eigenvalue weighted by Gasteiger charge is 2.27. The van der Waals surface area contributed by atoms with Crippen LogP contribution in [0.15, 0.2) is 42.5 Å². The Morgan fingerprint density at radius 2 is 1.67 bits per heavy atom. The van der Waals surface area contributed by atoms with Crippen molar-refractivity contribution in [2.24, 2.45) is 5.92 Å². The summed E-state index contributed by atoms with van der Waals surface area (Å²) in [6.45, 7) is 12.6. The number of aryl methyl sites for hydroxylation is 2. The van der Waals surface area contributed by atoms with E-state index in [4.69, 9.17) is 0 Å². The summed E-state index contributed by atoms with van der Waals surface area (Å²) < 4.78 is 26.5. The SMILES string of the molecule is Cc1cccc(CN(C(=O)CCCN(c2cccc(C)c2C)S(C)(=O)=O)C(C)C(=O)NCC(C)C)c1. The van der Waals surface area contributed by atoms with Crippen molar-refractivity contribution in [1.82, 2.24) is 10.2 Å². The van der Waals surface area contributed by atoms with Crippen molar-refractivity contribution in [1.29, 1.82) is 0 Å². The molecular formula is C28H41N3O4S. The van der Waals surface area contributed by atoms with Gasteiger partial charge in [-0.05, 0) is 62.8 Å². The fourth-order valence-corrected chi connectivity index (χ4v) is 5.05. The number of hydrogen-bond acceptors (Lipinski definition) is 4. The summed E-state index contributed by atoms with van der Waals surface area (Å²) >= 11 is 0. The Balaban J connectivity index is 2.20. The number of nitrogens with zero attached hydrogens (tertiary/aromatic N) is 2. The summed E-state index contributed by atoms with van der Waals surface area (Å²) in [6.07, 6.45) is 1.65. The predicted octanol–water partition coefficient (Wildman–Crippen LogP) is 4.35. The molecule has 2 aromatic carbocycles. The van der Waals surface area contributed by atoms with Crippen molar-refractivity contribution < 1.29 is 18.0 Å². The van der Waals surface area contributed by atoms with E-state index in [2.05, 4.69) is 5.32 Å². The Kier molecular flexibility index (Phi) is 10.5. The number of benzene rings is 2. The number of hydrogen-bond donors (Lipinski definition) is 1. The minimum atomic E-state index is -3.53. The third kappa shape index (κ3) is 8.36. The van der Waals surface area contributed by atoms with Gasteiger partial charge in [-0.1, -0.05) is 55.8 Å². The van der Waals surface area contributed by atoms with E-state index in [-0.39, 0.29) is 24.8 Å². The van der Waals surface area contributed by atoms with E-state index in [9.17, 15) is 18.0 Å². The van der Waals surface area contributed by atoms with E-state index in [1.54, 1.807) is 17.9 Å². The smallest absolute Gasteiger partial charge is 0.242 e. The van der Waals surface area contributed by atoms with E-state index in [1.165, 1.54) is 10.6 Å². The van der Waals surface area contributed by atoms with Crippen molar-refractivity contribution >= 4 is 27.5 Å². The maximum Gasteiger partial charge on any atom is 0.242 e. The lowest BCUT2D eigenvalue weighted by molar-refractivity contribution is -0.140. The van der Waals surface area contributed by atoms with Crippen LogP contribution in [0.4, 0.5) is 5.69 Å². The first-order chi connectivity index (χ1) is 16.8. The van der Waals surface area contributed by atoms with Crippen molar-refractivity contribution in [2.75, 3.05) is 23.7 Å². The molecule has 8 heteroatoms. The van der Waals surface area contributed by atoms with Gasteiger partial charge in [-0.15, -0.1) is 0 Å². The van der Waals surface area contributed by atoms with E-state index >= 15 is 0 Å². The van der Waals surface area contributed by atoms with E-state index in [0.717, 1.165) is 22.3 Å². The predicted molar refractivity (Wildman–Crippen MR) is 146 cm³/mol. The van der Waals surface area contributed by atoms with Crippen molar-refractivity contribution in [2.45, 2.75) is 67.0 Å². The van der Waals surface area contributed by atoms with Crippen LogP contribution in [0.3, 0.4) is 0 Å². The largest absolute Gasteiger partial charge is 0.354 e. The minimum absolute atomic E-state index is 0.129. The van der Waals surface area contributed by atoms with E-state index in [1.807, 2.05) is 71.0 Å². The highest BCUT2D eigenvalue weighted by atomic mass is 32.2. The molecule has 2 aromatic rings. The monoisotopic (exact) mass is 515 g/mol. The van der Waals surface area contributed by atoms with Gasteiger partial charge in [-0.3, -0.25) is 13.9 Å². The molecule has 2 rings (SSSR count). The quantitative estimate of drug-likeness (QED) is 0.455. The lowest BCUT2D eigenvalue weighted by Crippen LogP contribution is -2.48. The Hall–Kier alpha value is -2.87. The fourth-order valence-electron chi connectivity index (χ4n) is 4.03. The van der Waals surface area contributed by atoms with E-state index in [0.29, 0.717) is 31.1 Å². The summed E-state index contributed by atoms with van der Waals surface area (Å²) in [5, 5.41) is 2.92. The molecule has 2 amide bonds. The first kappa shape index (κ1) is 29.4. The summed E-state index contributed by atoms with van der Waals surface area (Å²) in [7, 11) is -3.53. The molecule has 1 unspecified atom stereocenters. The normalized spacial score (nSPS) is 12.3. The molecule has 36 heavy (non-hydrogen) atoms. The second kappa shape index (κ2) is 12.9. The lowest BCUT2D eigenvalue weighted by Gasteiger charge is -2.30. The molecule has 198 valence electrons. The Labute approximate surface area is 216 Å². The molecule has 7 nitrogen and oxygen atoms in total. The van der Waals surface area contributed by atoms with Gasteiger partial charge in [-0.2, -0.15) is 0 Å². The molecule has 0 saturated carbocycles. The van der Waals surface area contributed by atoms with Crippen LogP contribution in [-0.4, -0.2) is 50.5 Å². The van der Waals surface area contributed by atoms with Crippen LogP contribution in [0.1, 0.15) is 55.9 Å². The zero-order chi connectivity index (χ0) is 27.0. The van der Waals surface area contributed by atoms with Crippen LogP contribution in [0, 0.1) is 26.7 Å². The number of carbonyl (C=O) groups excluding carboxylic acids is 2. The molecule has 0 spiro atoms. The standard InChI is InChI=1S/C28H41N3O4S/c1-20(2)18-29-28(33)24(6)30(19-25-13-8-11-21(3)17-25)27(32)15-10-16-31(36(7,34)35)26-14-9-12-22(4)23(26)5/h8-9,11-14,17,20,24H,10,15-16,18-19H2,1-7H3,(H,29,33). The zero-order valence-electron chi connectivity index (χ0n) is 22.7. The van der Waals surface area contributed by atoms with Crippen LogP contribution >= 0.6 is 0 Å². The fraction of sp³-hybridized carbons (Fsp3) is 0.500. The van der Waals surface area contributed by atoms with Gasteiger partial charge in [0.05, 0.1) is 11.9 Å². The first-order valence-electron chi connectivity index (χ1n) is 12.5. The molecule has 1 atom stereocenters. The summed E-state index contributed by atoms with van der Waals surface area (Å²) in [5.74, 6) is -0.0786. The second-order valence-electron chi connectivity index (χ2n) is 9.98. The molecule has 0 saturated heterocycles. The van der Waals surface area contributed by atoms with Gasteiger partial charge in [0.1, 0.15) is 6.04 Å². The average Bonchev–Trinajstić information content (AvgIpc) is 2.79. The molecule has 0 aliphatic rings. The topological polar surface area (TPSA) is 86.8 Å². The van der Waals surface area contributed by atoms with Crippen molar-refractivity contribution in [3.63, 3.8) is 0 Å². The van der Waals surface area contributed by atoms with Crippen LogP contribution in [-0.2, 0) is 26.2 Å². The summed E-state index contributed by atoms with van der Waals surface area (Å²) in [6, 6.07) is 12.8. The number of anilines is 1. The van der Waals surface area contributed by atoms with Gasteiger partial charge in [-0.25, -0.2) is 8.42 Å². The Morgan fingerprint density at radius 1 is 1.00 bits per heavy atom. The number of amides is 2.